The summed E-state index contributed by atoms with van der Waals surface area (Å²) in [4.78, 5) is 0. The maximum absolute atomic E-state index is 5.62. The Morgan fingerprint density at radius 3 is 1.25 bits per heavy atom. The molecule has 40 heavy (non-hydrogen) atoms. The van der Waals surface area contributed by atoms with Gasteiger partial charge in [-0.15, -0.1) is 12.8 Å². The zero-order valence-electron chi connectivity index (χ0n) is 21.7. The highest BCUT2D eigenvalue weighted by molar-refractivity contribution is 6.09. The Labute approximate surface area is 235 Å². The molecule has 0 aliphatic carbocycles. The third-order valence-electron chi connectivity index (χ3n) is 6.85. The molecule has 0 saturated carbocycles. The molecule has 0 aliphatic rings. The lowest BCUT2D eigenvalue weighted by Crippen LogP contribution is -1.93. The van der Waals surface area contributed by atoms with Crippen LogP contribution in [0.3, 0.4) is 0 Å². The molecule has 0 heteroatoms. The normalized spacial score (nSPS) is 10.1. The second-order valence-corrected chi connectivity index (χ2v) is 9.37. The first-order valence-corrected chi connectivity index (χ1v) is 12.9. The fourth-order valence-electron chi connectivity index (χ4n) is 4.94. The maximum Gasteiger partial charge on any atom is 0.0334 e. The highest BCUT2D eigenvalue weighted by Crippen LogP contribution is 2.38. The Morgan fingerprint density at radius 2 is 0.800 bits per heavy atom. The zero-order valence-corrected chi connectivity index (χ0v) is 21.7. The lowest BCUT2D eigenvalue weighted by atomic mass is 9.87. The van der Waals surface area contributed by atoms with Crippen LogP contribution in [0.25, 0.3) is 32.7 Å². The van der Waals surface area contributed by atoms with Gasteiger partial charge in [0.15, 0.2) is 0 Å². The van der Waals surface area contributed by atoms with Crippen LogP contribution in [0.5, 0.6) is 0 Å². The van der Waals surface area contributed by atoms with Crippen molar-refractivity contribution in [3.8, 4) is 59.5 Å². The molecule has 0 bridgehead atoms. The lowest BCUT2D eigenvalue weighted by molar-refractivity contribution is 1.58. The summed E-state index contributed by atoms with van der Waals surface area (Å²) in [7, 11) is 0. The van der Waals surface area contributed by atoms with E-state index < -0.39 is 0 Å². The molecule has 0 spiro atoms. The second-order valence-electron chi connectivity index (χ2n) is 9.37. The van der Waals surface area contributed by atoms with Crippen LogP contribution in [0.4, 0.5) is 0 Å². The highest BCUT2D eigenvalue weighted by Gasteiger charge is 2.15. The molecule has 6 rings (SSSR count). The van der Waals surface area contributed by atoms with Gasteiger partial charge in [0, 0.05) is 44.5 Å². The molecule has 0 heterocycles. The predicted octanol–water partition coefficient (Wildman–Crippen LogP) is 8.42. The van der Waals surface area contributed by atoms with E-state index in [1.54, 1.807) is 0 Å². The van der Waals surface area contributed by atoms with E-state index in [0.29, 0.717) is 0 Å². The van der Waals surface area contributed by atoms with Gasteiger partial charge >= 0.3 is 0 Å². The smallest absolute Gasteiger partial charge is 0.0334 e. The molecule has 0 saturated heterocycles. The Kier molecular flexibility index (Phi) is 6.61. The fourth-order valence-corrected chi connectivity index (χ4v) is 4.94. The summed E-state index contributed by atoms with van der Waals surface area (Å²) < 4.78 is 0. The topological polar surface area (TPSA) is 0 Å². The number of benzene rings is 6. The van der Waals surface area contributed by atoms with Crippen molar-refractivity contribution in [3.63, 3.8) is 0 Å². The fraction of sp³-hybridized carbons (Fsp3) is 0. The van der Waals surface area contributed by atoms with Crippen molar-refractivity contribution < 1.29 is 0 Å². The van der Waals surface area contributed by atoms with Crippen molar-refractivity contribution in [2.45, 2.75) is 0 Å². The second kappa shape index (κ2) is 10.8. The van der Waals surface area contributed by atoms with Crippen LogP contribution in [0.1, 0.15) is 33.4 Å². The minimum absolute atomic E-state index is 0.811. The third kappa shape index (κ3) is 4.83. The van der Waals surface area contributed by atoms with Gasteiger partial charge in [-0.05, 0) is 70.1 Å². The van der Waals surface area contributed by atoms with E-state index in [4.69, 9.17) is 12.8 Å². The largest absolute Gasteiger partial charge is 0.115 e. The monoisotopic (exact) mass is 502 g/mol. The van der Waals surface area contributed by atoms with E-state index >= 15 is 0 Å². The summed E-state index contributed by atoms with van der Waals surface area (Å²) in [6.07, 6.45) is 11.2. The van der Waals surface area contributed by atoms with Crippen LogP contribution >= 0.6 is 0 Å². The standard InChI is InChI=1S/C40H22/c1-3-29-11-9-13-31(27-29)19-21-35-25-23-33-15-5-7-17-37(33)39(35)40-36(26-24-34-16-6-8-18-38(34)40)22-20-32-14-10-12-30(4-2)28-32/h1-2,5-18,23-28H. The molecule has 0 N–H and O–H groups in total. The SMILES string of the molecule is C#Cc1cccc(C#Cc2ccc3ccccc3c2-c2c(C#Cc3cccc(C#C)c3)ccc3ccccc23)c1. The van der Waals surface area contributed by atoms with Gasteiger partial charge in [-0.2, -0.15) is 0 Å². The number of fused-ring (bicyclic) bond motifs is 2. The molecule has 0 amide bonds. The Morgan fingerprint density at radius 1 is 0.375 bits per heavy atom. The highest BCUT2D eigenvalue weighted by atomic mass is 14.2. The van der Waals surface area contributed by atoms with Gasteiger partial charge in [-0.25, -0.2) is 0 Å². The van der Waals surface area contributed by atoms with E-state index in [1.165, 1.54) is 0 Å². The van der Waals surface area contributed by atoms with Crippen LogP contribution in [-0.2, 0) is 0 Å². The average Bonchev–Trinajstić information content (AvgIpc) is 3.02. The number of hydrogen-bond acceptors (Lipinski definition) is 0. The molecule has 0 aromatic heterocycles. The summed E-state index contributed by atoms with van der Waals surface area (Å²) in [5, 5.41) is 4.54. The van der Waals surface area contributed by atoms with Crippen LogP contribution in [-0.4, -0.2) is 0 Å². The summed E-state index contributed by atoms with van der Waals surface area (Å²) >= 11 is 0. The Bertz CT molecular complexity index is 1980. The molecule has 0 radical (unpaired) electrons. The van der Waals surface area contributed by atoms with Crippen molar-refractivity contribution in [2.75, 3.05) is 0 Å². The van der Waals surface area contributed by atoms with Crippen LogP contribution in [0, 0.1) is 48.4 Å². The minimum atomic E-state index is 0.811. The van der Waals surface area contributed by atoms with E-state index in [9.17, 15) is 0 Å². The quantitative estimate of drug-likeness (QED) is 0.198. The molecular formula is C40H22. The molecule has 0 nitrogen and oxygen atoms in total. The summed E-state index contributed by atoms with van der Waals surface area (Å²) in [6.45, 7) is 0. The van der Waals surface area contributed by atoms with E-state index in [0.717, 1.165) is 66.1 Å². The van der Waals surface area contributed by atoms with Crippen molar-refractivity contribution in [1.29, 1.82) is 0 Å². The van der Waals surface area contributed by atoms with Crippen molar-refractivity contribution in [2.24, 2.45) is 0 Å². The van der Waals surface area contributed by atoms with Crippen molar-refractivity contribution in [3.05, 3.63) is 155 Å². The third-order valence-corrected chi connectivity index (χ3v) is 6.85. The first kappa shape index (κ1) is 24.4. The van der Waals surface area contributed by atoms with Gasteiger partial charge in [0.05, 0.1) is 0 Å². The number of rotatable bonds is 1. The molecule has 182 valence electrons. The average molecular weight is 503 g/mol. The van der Waals surface area contributed by atoms with E-state index in [-0.39, 0.29) is 0 Å². The van der Waals surface area contributed by atoms with Crippen LogP contribution in [0.2, 0.25) is 0 Å². The molecule has 0 fully saturated rings. The summed E-state index contributed by atoms with van der Waals surface area (Å²) in [5.41, 5.74) is 7.37. The number of terminal acetylenes is 2. The summed E-state index contributed by atoms with van der Waals surface area (Å²) in [6, 6.07) is 40.8. The Hall–Kier alpha value is -5.92. The van der Waals surface area contributed by atoms with Crippen LogP contribution < -0.4 is 0 Å². The molecule has 6 aromatic rings. The first-order valence-electron chi connectivity index (χ1n) is 12.9. The van der Waals surface area contributed by atoms with E-state index in [2.05, 4.69) is 108 Å². The molecular weight excluding hydrogens is 480 g/mol. The molecule has 0 unspecified atom stereocenters. The predicted molar refractivity (Wildman–Crippen MR) is 168 cm³/mol. The van der Waals surface area contributed by atoms with E-state index in [1.807, 2.05) is 48.5 Å². The lowest BCUT2D eigenvalue weighted by Gasteiger charge is -2.15. The van der Waals surface area contributed by atoms with Gasteiger partial charge < -0.3 is 0 Å². The molecule has 0 atom stereocenters. The van der Waals surface area contributed by atoms with Crippen molar-refractivity contribution in [1.82, 2.24) is 0 Å². The number of hydrogen-bond donors (Lipinski definition) is 0. The molecule has 0 aliphatic heterocycles. The maximum atomic E-state index is 5.62. The van der Waals surface area contributed by atoms with Gasteiger partial charge in [-0.3, -0.25) is 0 Å². The minimum Gasteiger partial charge on any atom is -0.115 e. The zero-order chi connectivity index (χ0) is 27.3. The van der Waals surface area contributed by atoms with Gasteiger partial charge in [0.1, 0.15) is 0 Å². The molecule has 6 aromatic carbocycles. The first-order chi connectivity index (χ1) is 19.7. The Balaban J connectivity index is 1.64. The van der Waals surface area contributed by atoms with Crippen LogP contribution in [0.15, 0.2) is 121 Å². The van der Waals surface area contributed by atoms with Gasteiger partial charge in [0.25, 0.3) is 0 Å². The van der Waals surface area contributed by atoms with Crippen molar-refractivity contribution >= 4 is 21.5 Å². The van der Waals surface area contributed by atoms with Gasteiger partial charge in [0.2, 0.25) is 0 Å². The summed E-state index contributed by atoms with van der Waals surface area (Å²) in [5.74, 6) is 19.0. The van der Waals surface area contributed by atoms with Gasteiger partial charge in [-0.1, -0.05) is 108 Å².